The molecule has 0 amide bonds. The molecule has 0 aliphatic rings. The van der Waals surface area contributed by atoms with Crippen molar-refractivity contribution in [1.29, 1.82) is 0 Å². The number of hydrogen-bond donors (Lipinski definition) is 2. The molecule has 0 saturated carbocycles. The minimum absolute atomic E-state index is 0.0490. The van der Waals surface area contributed by atoms with Crippen molar-refractivity contribution < 1.29 is 5.11 Å². The van der Waals surface area contributed by atoms with Gasteiger partial charge in [0.2, 0.25) is 0 Å². The van der Waals surface area contributed by atoms with Gasteiger partial charge in [-0.1, -0.05) is 0 Å². The Bertz CT molecular complexity index is 275. The Morgan fingerprint density at radius 1 is 1.62 bits per heavy atom. The van der Waals surface area contributed by atoms with Crippen molar-refractivity contribution in [2.45, 2.75) is 32.4 Å². The number of hydrogen-bond acceptors (Lipinski definition) is 3. The smallest absolute Gasteiger partial charge is 0.0942 e. The van der Waals surface area contributed by atoms with Crippen LogP contribution < -0.4 is 5.73 Å². The normalized spacial score (nSPS) is 14.5. The van der Waals surface area contributed by atoms with Crippen LogP contribution in [0.2, 0.25) is 0 Å². The molecular formula is C9H17N3O. The number of aromatic nitrogens is 2. The highest BCUT2D eigenvalue weighted by Crippen LogP contribution is 2.16. The third kappa shape index (κ3) is 2.29. The molecule has 4 heteroatoms. The predicted octanol–water partition coefficient (Wildman–Crippen LogP) is 0.630. The largest absolute Gasteiger partial charge is 0.387 e. The maximum Gasteiger partial charge on any atom is 0.0942 e. The summed E-state index contributed by atoms with van der Waals surface area (Å²) in [6.07, 6.45) is 2.89. The van der Waals surface area contributed by atoms with Crippen molar-refractivity contribution in [1.82, 2.24) is 9.78 Å². The summed E-state index contributed by atoms with van der Waals surface area (Å²) < 4.78 is 1.82. The van der Waals surface area contributed by atoms with Crippen molar-refractivity contribution >= 4 is 0 Å². The molecule has 1 aromatic heterocycles. The van der Waals surface area contributed by atoms with E-state index in [0.717, 1.165) is 5.56 Å². The molecule has 0 spiro atoms. The molecule has 3 N–H and O–H groups in total. The fourth-order valence-electron chi connectivity index (χ4n) is 1.01. The van der Waals surface area contributed by atoms with Crippen LogP contribution in [0.3, 0.4) is 0 Å². The summed E-state index contributed by atoms with van der Waals surface area (Å²) in [4.78, 5) is 0. The van der Waals surface area contributed by atoms with Gasteiger partial charge in [-0.3, -0.25) is 4.68 Å². The van der Waals surface area contributed by atoms with Gasteiger partial charge in [0.25, 0.3) is 0 Å². The Morgan fingerprint density at radius 2 is 2.23 bits per heavy atom. The lowest BCUT2D eigenvalue weighted by molar-refractivity contribution is 0.186. The summed E-state index contributed by atoms with van der Waals surface area (Å²) in [5.41, 5.74) is 6.06. The van der Waals surface area contributed by atoms with E-state index in [1.165, 1.54) is 0 Å². The summed E-state index contributed by atoms with van der Waals surface area (Å²) in [6.45, 7) is 6.39. The highest BCUT2D eigenvalue weighted by Gasteiger charge is 2.16. The molecule has 1 atom stereocenters. The van der Waals surface area contributed by atoms with Crippen LogP contribution in [0.1, 0.15) is 32.4 Å². The topological polar surface area (TPSA) is 64.1 Å². The fourth-order valence-corrected chi connectivity index (χ4v) is 1.01. The molecule has 1 rings (SSSR count). The molecule has 1 heterocycles. The van der Waals surface area contributed by atoms with Crippen LogP contribution in [-0.2, 0) is 5.54 Å². The van der Waals surface area contributed by atoms with Gasteiger partial charge in [0.15, 0.2) is 0 Å². The van der Waals surface area contributed by atoms with E-state index in [1.807, 2.05) is 10.9 Å². The maximum atomic E-state index is 9.43. The molecule has 13 heavy (non-hydrogen) atoms. The number of aliphatic hydroxyl groups excluding tert-OH is 1. The maximum absolute atomic E-state index is 9.43. The molecule has 1 aromatic rings. The second-order valence-corrected chi connectivity index (χ2v) is 4.14. The molecule has 0 fully saturated rings. The van der Waals surface area contributed by atoms with Gasteiger partial charge in [-0.05, 0) is 20.8 Å². The van der Waals surface area contributed by atoms with E-state index in [-0.39, 0.29) is 12.1 Å². The lowest BCUT2D eigenvalue weighted by Crippen LogP contribution is -2.22. The average molecular weight is 183 g/mol. The average Bonchev–Trinajstić information content (AvgIpc) is 2.50. The van der Waals surface area contributed by atoms with E-state index in [0.29, 0.717) is 0 Å². The first kappa shape index (κ1) is 10.2. The van der Waals surface area contributed by atoms with E-state index in [4.69, 9.17) is 5.73 Å². The number of nitrogens with zero attached hydrogens (tertiary/aromatic N) is 2. The Balaban J connectivity index is 2.87. The van der Waals surface area contributed by atoms with Crippen molar-refractivity contribution in [3.05, 3.63) is 18.0 Å². The van der Waals surface area contributed by atoms with E-state index < -0.39 is 6.10 Å². The van der Waals surface area contributed by atoms with Gasteiger partial charge >= 0.3 is 0 Å². The monoisotopic (exact) mass is 183 g/mol. The first-order valence-corrected chi connectivity index (χ1v) is 4.38. The van der Waals surface area contributed by atoms with E-state index in [2.05, 4.69) is 25.9 Å². The number of aliphatic hydroxyl groups is 1. The van der Waals surface area contributed by atoms with Crippen LogP contribution in [0.15, 0.2) is 12.4 Å². The zero-order chi connectivity index (χ0) is 10.1. The van der Waals surface area contributed by atoms with Gasteiger partial charge < -0.3 is 10.8 Å². The number of rotatable bonds is 2. The second-order valence-electron chi connectivity index (χ2n) is 4.14. The van der Waals surface area contributed by atoms with Crippen molar-refractivity contribution in [2.24, 2.45) is 5.73 Å². The van der Waals surface area contributed by atoms with Crippen LogP contribution >= 0.6 is 0 Å². The summed E-state index contributed by atoms with van der Waals surface area (Å²) in [5, 5.41) is 13.6. The molecule has 0 aromatic carbocycles. The standard InChI is InChI=1S/C9H17N3O/c1-9(2,3)12-6-7(5-11-12)8(13)4-10/h5-6,8,13H,4,10H2,1-3H3/t8-/m0/s1. The van der Waals surface area contributed by atoms with Crippen LogP contribution in [0, 0.1) is 0 Å². The third-order valence-electron chi connectivity index (χ3n) is 1.90. The van der Waals surface area contributed by atoms with Crippen molar-refractivity contribution in [3.63, 3.8) is 0 Å². The van der Waals surface area contributed by atoms with Gasteiger partial charge in [0.1, 0.15) is 0 Å². The zero-order valence-corrected chi connectivity index (χ0v) is 8.36. The molecule has 0 bridgehead atoms. The zero-order valence-electron chi connectivity index (χ0n) is 8.36. The lowest BCUT2D eigenvalue weighted by atomic mass is 10.1. The molecule has 4 nitrogen and oxygen atoms in total. The summed E-state index contributed by atoms with van der Waals surface area (Å²) in [6, 6.07) is 0. The van der Waals surface area contributed by atoms with Crippen molar-refractivity contribution in [3.8, 4) is 0 Å². The van der Waals surface area contributed by atoms with Gasteiger partial charge in [-0.2, -0.15) is 5.10 Å². The predicted molar refractivity (Wildman–Crippen MR) is 51.2 cm³/mol. The SMILES string of the molecule is CC(C)(C)n1cc([C@@H](O)CN)cn1. The highest BCUT2D eigenvalue weighted by atomic mass is 16.3. The van der Waals surface area contributed by atoms with Crippen LogP contribution in [0.5, 0.6) is 0 Å². The molecular weight excluding hydrogens is 166 g/mol. The van der Waals surface area contributed by atoms with E-state index in [1.54, 1.807) is 6.20 Å². The Labute approximate surface area is 78.4 Å². The summed E-state index contributed by atoms with van der Waals surface area (Å²) in [5.74, 6) is 0. The van der Waals surface area contributed by atoms with E-state index >= 15 is 0 Å². The Morgan fingerprint density at radius 3 is 2.62 bits per heavy atom. The number of nitrogens with two attached hydrogens (primary N) is 1. The first-order chi connectivity index (χ1) is 5.95. The second kappa shape index (κ2) is 3.47. The van der Waals surface area contributed by atoms with Crippen LogP contribution in [0.4, 0.5) is 0 Å². The summed E-state index contributed by atoms with van der Waals surface area (Å²) in [7, 11) is 0. The highest BCUT2D eigenvalue weighted by molar-refractivity contribution is 5.09. The van der Waals surface area contributed by atoms with Gasteiger partial charge in [0, 0.05) is 18.3 Å². The van der Waals surface area contributed by atoms with Crippen molar-refractivity contribution in [2.75, 3.05) is 6.54 Å². The minimum Gasteiger partial charge on any atom is -0.387 e. The first-order valence-electron chi connectivity index (χ1n) is 4.38. The Hall–Kier alpha value is -0.870. The quantitative estimate of drug-likeness (QED) is 0.707. The fraction of sp³-hybridized carbons (Fsp3) is 0.667. The molecule has 0 aliphatic heterocycles. The van der Waals surface area contributed by atoms with Crippen LogP contribution in [0.25, 0.3) is 0 Å². The minimum atomic E-state index is -0.601. The molecule has 0 saturated heterocycles. The van der Waals surface area contributed by atoms with Gasteiger partial charge in [-0.15, -0.1) is 0 Å². The molecule has 0 unspecified atom stereocenters. The van der Waals surface area contributed by atoms with Gasteiger partial charge in [-0.25, -0.2) is 0 Å². The third-order valence-corrected chi connectivity index (χ3v) is 1.90. The summed E-state index contributed by atoms with van der Waals surface area (Å²) >= 11 is 0. The van der Waals surface area contributed by atoms with Gasteiger partial charge in [0.05, 0.1) is 17.8 Å². The molecule has 74 valence electrons. The lowest BCUT2D eigenvalue weighted by Gasteiger charge is -2.18. The van der Waals surface area contributed by atoms with Crippen LogP contribution in [-0.4, -0.2) is 21.4 Å². The molecule has 0 aliphatic carbocycles. The Kier molecular flexibility index (Phi) is 2.73. The van der Waals surface area contributed by atoms with E-state index in [9.17, 15) is 5.11 Å². The molecule has 0 radical (unpaired) electrons.